The fraction of sp³-hybridized carbons (Fsp3) is 0.333. The number of imidazole rings is 1. The van der Waals surface area contributed by atoms with E-state index >= 15 is 0 Å². The third-order valence-corrected chi connectivity index (χ3v) is 5.32. The smallest absolute Gasteiger partial charge is 0.316 e. The second-order valence-electron chi connectivity index (χ2n) is 6.88. The lowest BCUT2D eigenvalue weighted by Gasteiger charge is -2.37. The summed E-state index contributed by atoms with van der Waals surface area (Å²) < 4.78 is 1.93. The van der Waals surface area contributed by atoms with Crippen molar-refractivity contribution >= 4 is 11.0 Å². The number of fused-ring (bicyclic) bond motifs is 5. The summed E-state index contributed by atoms with van der Waals surface area (Å²) in [5.41, 5.74) is 4.20. The van der Waals surface area contributed by atoms with Crippen molar-refractivity contribution in [2.75, 3.05) is 13.1 Å². The van der Waals surface area contributed by atoms with Crippen molar-refractivity contribution in [2.24, 2.45) is 5.92 Å². The van der Waals surface area contributed by atoms with Crippen LogP contribution in [0.1, 0.15) is 18.0 Å². The Morgan fingerprint density at radius 1 is 1.08 bits per heavy atom. The van der Waals surface area contributed by atoms with Crippen molar-refractivity contribution in [3.63, 3.8) is 0 Å². The van der Waals surface area contributed by atoms with Gasteiger partial charge in [-0.05, 0) is 36.6 Å². The molecule has 2 bridgehead atoms. The van der Waals surface area contributed by atoms with Gasteiger partial charge in [-0.25, -0.2) is 4.79 Å². The van der Waals surface area contributed by atoms with E-state index < -0.39 is 0 Å². The second kappa shape index (κ2) is 4.95. The molecule has 1 aromatic carbocycles. The second-order valence-corrected chi connectivity index (χ2v) is 6.88. The number of H-pyrrole nitrogens is 2. The molecule has 0 unspecified atom stereocenters. The van der Waals surface area contributed by atoms with E-state index in [4.69, 9.17) is 0 Å². The highest BCUT2D eigenvalue weighted by Gasteiger charge is 2.31. The molecule has 2 aliphatic rings. The van der Waals surface area contributed by atoms with E-state index in [0.717, 1.165) is 53.9 Å². The van der Waals surface area contributed by atoms with E-state index in [-0.39, 0.29) is 11.2 Å². The predicted molar refractivity (Wildman–Crippen MR) is 92.3 cm³/mol. The van der Waals surface area contributed by atoms with Crippen LogP contribution in [-0.4, -0.2) is 27.6 Å². The number of nitrogens with one attached hydrogen (secondary N) is 3. The Labute approximate surface area is 137 Å². The fourth-order valence-corrected chi connectivity index (χ4v) is 4.26. The highest BCUT2D eigenvalue weighted by atomic mass is 16.1. The van der Waals surface area contributed by atoms with Crippen LogP contribution in [0.4, 0.5) is 0 Å². The average Bonchev–Trinajstić information content (AvgIpc) is 2.96. The van der Waals surface area contributed by atoms with Crippen molar-refractivity contribution < 1.29 is 0 Å². The molecular weight excluding hydrogens is 304 g/mol. The monoisotopic (exact) mass is 322 g/mol. The van der Waals surface area contributed by atoms with Gasteiger partial charge in [0.25, 0.3) is 5.56 Å². The SMILES string of the molecule is O=c1[nH]c2cccc(-c3cc4n(c(=O)c3)C[C@@H]3CNC[C@H]4C3)c2[nH]1. The molecule has 3 aromatic rings. The molecule has 122 valence electrons. The molecule has 3 N–H and O–H groups in total. The van der Waals surface area contributed by atoms with Crippen LogP contribution in [0.3, 0.4) is 0 Å². The fourth-order valence-electron chi connectivity index (χ4n) is 4.26. The molecule has 6 nitrogen and oxygen atoms in total. The molecule has 2 atom stereocenters. The molecule has 0 radical (unpaired) electrons. The molecule has 1 saturated heterocycles. The maximum atomic E-state index is 12.7. The van der Waals surface area contributed by atoms with Crippen LogP contribution in [0, 0.1) is 5.92 Å². The Kier molecular flexibility index (Phi) is 2.84. The lowest BCUT2D eigenvalue weighted by molar-refractivity contribution is 0.257. The number of pyridine rings is 1. The van der Waals surface area contributed by atoms with E-state index in [9.17, 15) is 9.59 Å². The first-order chi connectivity index (χ1) is 11.7. The first-order valence-corrected chi connectivity index (χ1v) is 8.36. The average molecular weight is 322 g/mol. The molecule has 0 saturated carbocycles. The number of hydrogen-bond donors (Lipinski definition) is 3. The van der Waals surface area contributed by atoms with Crippen LogP contribution < -0.4 is 16.6 Å². The number of piperidine rings is 1. The first kappa shape index (κ1) is 13.8. The summed E-state index contributed by atoms with van der Waals surface area (Å²) in [7, 11) is 0. The number of aromatic amines is 2. The van der Waals surface area contributed by atoms with Gasteiger partial charge in [-0.1, -0.05) is 12.1 Å². The van der Waals surface area contributed by atoms with Crippen LogP contribution in [-0.2, 0) is 6.54 Å². The Bertz CT molecular complexity index is 1060. The zero-order chi connectivity index (χ0) is 16.3. The number of rotatable bonds is 1. The topological polar surface area (TPSA) is 82.7 Å². The number of benzene rings is 1. The van der Waals surface area contributed by atoms with Crippen molar-refractivity contribution in [3.8, 4) is 11.1 Å². The van der Waals surface area contributed by atoms with Crippen molar-refractivity contribution in [3.05, 3.63) is 56.9 Å². The van der Waals surface area contributed by atoms with Gasteiger partial charge in [0.15, 0.2) is 0 Å². The normalized spacial score (nSPS) is 22.5. The molecule has 24 heavy (non-hydrogen) atoms. The van der Waals surface area contributed by atoms with Crippen molar-refractivity contribution in [1.29, 1.82) is 0 Å². The van der Waals surface area contributed by atoms with E-state index in [1.807, 2.05) is 22.8 Å². The Morgan fingerprint density at radius 2 is 2.00 bits per heavy atom. The van der Waals surface area contributed by atoms with Gasteiger partial charge in [-0.3, -0.25) is 4.79 Å². The minimum Gasteiger partial charge on any atom is -0.316 e. The number of aromatic nitrogens is 3. The summed E-state index contributed by atoms with van der Waals surface area (Å²) in [6, 6.07) is 9.52. The summed E-state index contributed by atoms with van der Waals surface area (Å²) >= 11 is 0. The Hall–Kier alpha value is -2.60. The van der Waals surface area contributed by atoms with Gasteiger partial charge in [0.05, 0.1) is 11.0 Å². The maximum Gasteiger partial charge on any atom is 0.323 e. The molecule has 2 aromatic heterocycles. The molecule has 5 rings (SSSR count). The Balaban J connectivity index is 1.74. The van der Waals surface area contributed by atoms with Gasteiger partial charge in [-0.15, -0.1) is 0 Å². The zero-order valence-corrected chi connectivity index (χ0v) is 13.1. The third-order valence-electron chi connectivity index (χ3n) is 5.32. The van der Waals surface area contributed by atoms with Gasteiger partial charge in [0.2, 0.25) is 0 Å². The van der Waals surface area contributed by atoms with Crippen LogP contribution >= 0.6 is 0 Å². The number of hydrogen-bond acceptors (Lipinski definition) is 3. The van der Waals surface area contributed by atoms with E-state index in [1.165, 1.54) is 0 Å². The third kappa shape index (κ3) is 1.99. The van der Waals surface area contributed by atoms with Gasteiger partial charge in [0, 0.05) is 36.3 Å². The zero-order valence-electron chi connectivity index (χ0n) is 13.1. The van der Waals surface area contributed by atoms with Crippen molar-refractivity contribution in [2.45, 2.75) is 18.9 Å². The maximum absolute atomic E-state index is 12.7. The standard InChI is InChI=1S/C18H18N4O2/c23-16-6-11(13-2-1-3-14-17(13)21-18(24)20-14)5-15-12-4-10(7-19-8-12)9-22(15)16/h1-3,5-6,10,12,19H,4,7-9H2,(H2,20,21,24)/t10-,12+/m0/s1. The molecule has 1 fully saturated rings. The number of para-hydroxylation sites is 1. The van der Waals surface area contributed by atoms with E-state index in [1.54, 1.807) is 6.07 Å². The summed E-state index contributed by atoms with van der Waals surface area (Å²) in [6.07, 6.45) is 1.14. The minimum atomic E-state index is -0.230. The van der Waals surface area contributed by atoms with Gasteiger partial charge >= 0.3 is 5.69 Å². The lowest BCUT2D eigenvalue weighted by Crippen LogP contribution is -2.44. The van der Waals surface area contributed by atoms with Crippen molar-refractivity contribution in [1.82, 2.24) is 19.9 Å². The van der Waals surface area contributed by atoms with Gasteiger partial charge < -0.3 is 19.9 Å². The van der Waals surface area contributed by atoms with Crippen LogP contribution in [0.25, 0.3) is 22.2 Å². The van der Waals surface area contributed by atoms with Crippen LogP contribution in [0.2, 0.25) is 0 Å². The summed E-state index contributed by atoms with van der Waals surface area (Å²) in [5, 5.41) is 3.47. The van der Waals surface area contributed by atoms with E-state index in [2.05, 4.69) is 21.4 Å². The van der Waals surface area contributed by atoms with Gasteiger partial charge in [0.1, 0.15) is 0 Å². The van der Waals surface area contributed by atoms with Gasteiger partial charge in [-0.2, -0.15) is 0 Å². The summed E-state index contributed by atoms with van der Waals surface area (Å²) in [5.74, 6) is 0.930. The van der Waals surface area contributed by atoms with E-state index in [0.29, 0.717) is 11.8 Å². The molecule has 6 heteroatoms. The molecule has 0 amide bonds. The molecule has 4 heterocycles. The molecular formula is C18H18N4O2. The minimum absolute atomic E-state index is 0.0500. The predicted octanol–water partition coefficient (Wildman–Crippen LogP) is 1.39. The number of nitrogens with zero attached hydrogens (tertiary/aromatic N) is 1. The first-order valence-electron chi connectivity index (χ1n) is 8.36. The quantitative estimate of drug-likeness (QED) is 0.633. The van der Waals surface area contributed by atoms with Crippen LogP contribution in [0.5, 0.6) is 0 Å². The molecule has 2 aliphatic heterocycles. The van der Waals surface area contributed by atoms with Crippen LogP contribution in [0.15, 0.2) is 39.9 Å². The lowest BCUT2D eigenvalue weighted by atomic mass is 9.83. The molecule has 0 aliphatic carbocycles. The Morgan fingerprint density at radius 3 is 2.92 bits per heavy atom. The summed E-state index contributed by atoms with van der Waals surface area (Å²) in [6.45, 7) is 2.71. The highest BCUT2D eigenvalue weighted by Crippen LogP contribution is 2.34. The summed E-state index contributed by atoms with van der Waals surface area (Å²) in [4.78, 5) is 29.9. The molecule has 0 spiro atoms. The highest BCUT2D eigenvalue weighted by molar-refractivity contribution is 5.91. The largest absolute Gasteiger partial charge is 0.323 e.